The van der Waals surface area contributed by atoms with Crippen molar-refractivity contribution in [2.75, 3.05) is 6.54 Å². The summed E-state index contributed by atoms with van der Waals surface area (Å²) in [6, 6.07) is -0.0226. The van der Waals surface area contributed by atoms with Crippen molar-refractivity contribution in [3.63, 3.8) is 0 Å². The van der Waals surface area contributed by atoms with Crippen LogP contribution in [0.4, 0.5) is 4.79 Å². The fraction of sp³-hybridized carbons (Fsp3) is 0.714. The van der Waals surface area contributed by atoms with Gasteiger partial charge in [-0.15, -0.1) is 0 Å². The van der Waals surface area contributed by atoms with Crippen molar-refractivity contribution in [3.8, 4) is 0 Å². The van der Waals surface area contributed by atoms with Crippen molar-refractivity contribution in [3.05, 3.63) is 0 Å². The maximum Gasteiger partial charge on any atom is 0.315 e. The second kappa shape index (κ2) is 3.71. The number of amides is 2. The van der Waals surface area contributed by atoms with Gasteiger partial charge in [-0.05, 0) is 12.8 Å². The Labute approximate surface area is 76.9 Å². The maximum atomic E-state index is 10.9. The molecule has 0 aromatic rings. The van der Waals surface area contributed by atoms with Gasteiger partial charge in [-0.25, -0.2) is 4.79 Å². The fourth-order valence-corrected chi connectivity index (χ4v) is 1.18. The largest absolute Gasteiger partial charge is 0.393 e. The second-order valence-electron chi connectivity index (χ2n) is 2.98. The molecule has 4 N–H and O–H groups in total. The van der Waals surface area contributed by atoms with E-state index >= 15 is 0 Å². The molecule has 1 fully saturated rings. The number of hydrogen-bond acceptors (Lipinski definition) is 2. The number of nitrogens with zero attached hydrogens (tertiary/aromatic N) is 1. The van der Waals surface area contributed by atoms with Gasteiger partial charge in [0.15, 0.2) is 0 Å². The molecule has 0 unspecified atom stereocenters. The molecular formula is C7H13N3OS. The summed E-state index contributed by atoms with van der Waals surface area (Å²) in [6.45, 7) is 0.565. The molecule has 4 nitrogen and oxygen atoms in total. The van der Waals surface area contributed by atoms with Crippen LogP contribution in [0.3, 0.4) is 0 Å². The van der Waals surface area contributed by atoms with E-state index in [0.717, 1.165) is 12.8 Å². The molecule has 0 aromatic heterocycles. The van der Waals surface area contributed by atoms with E-state index in [-0.39, 0.29) is 6.03 Å². The molecule has 2 amide bonds. The number of carbonyl (C=O) groups is 1. The van der Waals surface area contributed by atoms with Crippen LogP contribution in [0.5, 0.6) is 0 Å². The molecule has 0 saturated heterocycles. The number of hydrogen-bond donors (Lipinski definition) is 2. The van der Waals surface area contributed by atoms with E-state index in [9.17, 15) is 4.79 Å². The lowest BCUT2D eigenvalue weighted by atomic mass is 10.4. The molecule has 1 rings (SSSR count). The van der Waals surface area contributed by atoms with Crippen LogP contribution >= 0.6 is 12.2 Å². The average molecular weight is 187 g/mol. The number of thiocarbonyl (C=S) groups is 1. The van der Waals surface area contributed by atoms with E-state index in [4.69, 9.17) is 23.7 Å². The Morgan fingerprint density at radius 3 is 2.42 bits per heavy atom. The monoisotopic (exact) mass is 187 g/mol. The molecule has 68 valence electrons. The zero-order valence-electron chi connectivity index (χ0n) is 6.82. The summed E-state index contributed by atoms with van der Waals surface area (Å²) in [5, 5.41) is 0. The van der Waals surface area contributed by atoms with Crippen LogP contribution in [0.25, 0.3) is 0 Å². The predicted molar refractivity (Wildman–Crippen MR) is 50.7 cm³/mol. The number of nitrogens with two attached hydrogens (primary N) is 2. The summed E-state index contributed by atoms with van der Waals surface area (Å²) in [6.07, 6.45) is 2.68. The smallest absolute Gasteiger partial charge is 0.315 e. The van der Waals surface area contributed by atoms with Crippen LogP contribution in [0.1, 0.15) is 19.3 Å². The van der Waals surface area contributed by atoms with Crippen LogP contribution in [0, 0.1) is 0 Å². The average Bonchev–Trinajstić information content (AvgIpc) is 2.69. The van der Waals surface area contributed by atoms with Crippen molar-refractivity contribution in [1.29, 1.82) is 0 Å². The third kappa shape index (κ3) is 2.65. The van der Waals surface area contributed by atoms with Crippen molar-refractivity contribution >= 4 is 23.2 Å². The predicted octanol–water partition coefficient (Wildman–Crippen LogP) is 0.206. The minimum Gasteiger partial charge on any atom is -0.393 e. The summed E-state index contributed by atoms with van der Waals surface area (Å²) in [4.78, 5) is 12.9. The molecule has 0 radical (unpaired) electrons. The lowest BCUT2D eigenvalue weighted by Crippen LogP contribution is -2.39. The minimum atomic E-state index is -0.367. The Morgan fingerprint density at radius 2 is 2.08 bits per heavy atom. The van der Waals surface area contributed by atoms with Crippen LogP contribution in [-0.4, -0.2) is 28.5 Å². The quantitative estimate of drug-likeness (QED) is 0.618. The van der Waals surface area contributed by atoms with Gasteiger partial charge in [0.25, 0.3) is 0 Å². The van der Waals surface area contributed by atoms with Gasteiger partial charge in [0.05, 0.1) is 4.99 Å². The first kappa shape index (κ1) is 9.25. The van der Waals surface area contributed by atoms with Crippen LogP contribution < -0.4 is 11.5 Å². The molecule has 0 heterocycles. The fourth-order valence-electron chi connectivity index (χ4n) is 1.09. The van der Waals surface area contributed by atoms with E-state index in [0.29, 0.717) is 24.0 Å². The normalized spacial score (nSPS) is 15.7. The maximum absolute atomic E-state index is 10.9. The van der Waals surface area contributed by atoms with Gasteiger partial charge in [0.2, 0.25) is 0 Å². The first-order valence-electron chi connectivity index (χ1n) is 3.95. The van der Waals surface area contributed by atoms with Gasteiger partial charge < -0.3 is 16.4 Å². The Balaban J connectivity index is 2.33. The highest BCUT2D eigenvalue weighted by atomic mass is 32.1. The van der Waals surface area contributed by atoms with Gasteiger partial charge in [0, 0.05) is 19.0 Å². The van der Waals surface area contributed by atoms with Gasteiger partial charge in [-0.3, -0.25) is 0 Å². The van der Waals surface area contributed by atoms with Crippen LogP contribution in [0.15, 0.2) is 0 Å². The molecule has 0 bridgehead atoms. The third-order valence-electron chi connectivity index (χ3n) is 1.87. The Bertz CT molecular complexity index is 203. The van der Waals surface area contributed by atoms with Gasteiger partial charge in [0.1, 0.15) is 0 Å². The standard InChI is InChI=1S/C7H13N3OS/c8-6(12)3-4-10(7(9)11)5-1-2-5/h5H,1-4H2,(H2,8,12)(H2,9,11). The Hall–Kier alpha value is -0.840. The first-order valence-corrected chi connectivity index (χ1v) is 4.36. The zero-order chi connectivity index (χ0) is 9.14. The highest BCUT2D eigenvalue weighted by Gasteiger charge is 2.30. The molecule has 0 aliphatic heterocycles. The molecule has 5 heteroatoms. The molecule has 0 spiro atoms. The molecule has 0 atom stereocenters. The van der Waals surface area contributed by atoms with E-state index in [1.54, 1.807) is 4.90 Å². The van der Waals surface area contributed by atoms with Gasteiger partial charge in [-0.2, -0.15) is 0 Å². The topological polar surface area (TPSA) is 72.4 Å². The van der Waals surface area contributed by atoms with Crippen LogP contribution in [0.2, 0.25) is 0 Å². The van der Waals surface area contributed by atoms with Crippen molar-refractivity contribution < 1.29 is 4.79 Å². The number of primary amides is 1. The molecular weight excluding hydrogens is 174 g/mol. The Kier molecular flexibility index (Phi) is 2.86. The SMILES string of the molecule is NC(=O)N(CCC(N)=S)C1CC1. The Morgan fingerprint density at radius 1 is 1.50 bits per heavy atom. The lowest BCUT2D eigenvalue weighted by molar-refractivity contribution is 0.206. The molecule has 1 aliphatic rings. The minimum absolute atomic E-state index is 0.344. The lowest BCUT2D eigenvalue weighted by Gasteiger charge is -2.18. The first-order chi connectivity index (χ1) is 5.61. The van der Waals surface area contributed by atoms with E-state index < -0.39 is 0 Å². The van der Waals surface area contributed by atoms with Gasteiger partial charge in [-0.1, -0.05) is 12.2 Å². The summed E-state index contributed by atoms with van der Waals surface area (Å²) >= 11 is 4.71. The van der Waals surface area contributed by atoms with E-state index in [2.05, 4.69) is 0 Å². The molecule has 1 aliphatic carbocycles. The van der Waals surface area contributed by atoms with E-state index in [1.165, 1.54) is 0 Å². The van der Waals surface area contributed by atoms with Crippen molar-refractivity contribution in [1.82, 2.24) is 4.90 Å². The zero-order valence-corrected chi connectivity index (χ0v) is 7.64. The molecule has 12 heavy (non-hydrogen) atoms. The molecule has 0 aromatic carbocycles. The summed E-state index contributed by atoms with van der Waals surface area (Å²) in [5.74, 6) is 0. The van der Waals surface area contributed by atoms with Gasteiger partial charge >= 0.3 is 6.03 Å². The second-order valence-corrected chi connectivity index (χ2v) is 3.50. The number of urea groups is 1. The summed E-state index contributed by atoms with van der Waals surface area (Å²) in [7, 11) is 0. The van der Waals surface area contributed by atoms with Crippen LogP contribution in [-0.2, 0) is 0 Å². The highest BCUT2D eigenvalue weighted by molar-refractivity contribution is 7.80. The number of rotatable bonds is 4. The third-order valence-corrected chi connectivity index (χ3v) is 2.07. The summed E-state index contributed by atoms with van der Waals surface area (Å²) in [5.41, 5.74) is 10.5. The van der Waals surface area contributed by atoms with Crippen molar-refractivity contribution in [2.24, 2.45) is 11.5 Å². The molecule has 1 saturated carbocycles. The number of carbonyl (C=O) groups excluding carboxylic acids is 1. The van der Waals surface area contributed by atoms with Crippen molar-refractivity contribution in [2.45, 2.75) is 25.3 Å². The summed E-state index contributed by atoms with van der Waals surface area (Å²) < 4.78 is 0. The highest BCUT2D eigenvalue weighted by Crippen LogP contribution is 2.26. The van der Waals surface area contributed by atoms with E-state index in [1.807, 2.05) is 0 Å².